The van der Waals surface area contributed by atoms with Crippen molar-refractivity contribution in [3.63, 3.8) is 0 Å². The number of fused-ring (bicyclic) bond motifs is 1. The van der Waals surface area contributed by atoms with E-state index in [0.29, 0.717) is 0 Å². The summed E-state index contributed by atoms with van der Waals surface area (Å²) in [6, 6.07) is 5.81. The second kappa shape index (κ2) is 4.00. The highest BCUT2D eigenvalue weighted by Gasteiger charge is 2.02. The first-order chi connectivity index (χ1) is 7.25. The van der Waals surface area contributed by atoms with Crippen LogP contribution in [0.15, 0.2) is 30.4 Å². The van der Waals surface area contributed by atoms with E-state index >= 15 is 0 Å². The molecule has 0 aromatic heterocycles. The fourth-order valence-corrected chi connectivity index (χ4v) is 1.51. The number of benzene rings is 1. The predicted molar refractivity (Wildman–Crippen MR) is 60.6 cm³/mol. The maximum atomic E-state index is 10.3. The number of carbonyl (C=O) groups is 1. The van der Waals surface area contributed by atoms with Crippen LogP contribution in [0.2, 0.25) is 0 Å². The molecular weight excluding hydrogens is 190 g/mol. The molecule has 1 aliphatic heterocycles. The number of hydrogen-bond donors (Lipinski definition) is 2. The zero-order valence-corrected chi connectivity index (χ0v) is 8.10. The maximum absolute atomic E-state index is 10.3. The second-order valence-corrected chi connectivity index (χ2v) is 3.30. The van der Waals surface area contributed by atoms with Crippen LogP contribution in [-0.4, -0.2) is 17.6 Å². The van der Waals surface area contributed by atoms with Crippen molar-refractivity contribution in [2.24, 2.45) is 0 Å². The van der Waals surface area contributed by atoms with E-state index in [0.717, 1.165) is 29.4 Å². The molecule has 1 aliphatic rings. The van der Waals surface area contributed by atoms with E-state index in [1.165, 1.54) is 0 Å². The third-order valence-electron chi connectivity index (χ3n) is 2.20. The highest BCUT2D eigenvalue weighted by Crippen LogP contribution is 2.22. The molecule has 2 N–H and O–H groups in total. The standard InChI is InChI=1S/C12H11NO2/c14-12(15)6-4-9-3-5-11-10(8-9)2-1-7-13-11/h1-6,8,13H,7H2,(H,14,15)/b6-4+. The molecule has 0 bridgehead atoms. The van der Waals surface area contributed by atoms with Gasteiger partial charge in [-0.2, -0.15) is 0 Å². The molecule has 2 rings (SSSR count). The van der Waals surface area contributed by atoms with Gasteiger partial charge < -0.3 is 10.4 Å². The van der Waals surface area contributed by atoms with E-state index in [2.05, 4.69) is 5.32 Å². The number of rotatable bonds is 2. The van der Waals surface area contributed by atoms with Crippen LogP contribution in [-0.2, 0) is 4.79 Å². The van der Waals surface area contributed by atoms with Crippen molar-refractivity contribution in [2.45, 2.75) is 0 Å². The maximum Gasteiger partial charge on any atom is 0.328 e. The molecule has 76 valence electrons. The van der Waals surface area contributed by atoms with Crippen LogP contribution in [0.25, 0.3) is 12.2 Å². The topological polar surface area (TPSA) is 49.3 Å². The Bertz CT molecular complexity index is 447. The first-order valence-corrected chi connectivity index (χ1v) is 4.71. The Morgan fingerprint density at radius 2 is 2.33 bits per heavy atom. The van der Waals surface area contributed by atoms with Crippen molar-refractivity contribution >= 4 is 23.8 Å². The Hall–Kier alpha value is -2.03. The summed E-state index contributed by atoms with van der Waals surface area (Å²) < 4.78 is 0. The smallest absolute Gasteiger partial charge is 0.328 e. The number of carboxylic acids is 1. The lowest BCUT2D eigenvalue weighted by Crippen LogP contribution is -2.03. The van der Waals surface area contributed by atoms with E-state index in [-0.39, 0.29) is 0 Å². The highest BCUT2D eigenvalue weighted by atomic mass is 16.4. The van der Waals surface area contributed by atoms with Gasteiger partial charge in [-0.05, 0) is 29.3 Å². The Balaban J connectivity index is 2.29. The molecule has 0 unspecified atom stereocenters. The molecule has 0 atom stereocenters. The molecule has 0 amide bonds. The van der Waals surface area contributed by atoms with Crippen LogP contribution in [0.5, 0.6) is 0 Å². The second-order valence-electron chi connectivity index (χ2n) is 3.30. The molecular formula is C12H11NO2. The lowest BCUT2D eigenvalue weighted by atomic mass is 10.1. The SMILES string of the molecule is O=C(O)/C=C/c1ccc2c(c1)C=CCN2. The molecule has 3 nitrogen and oxygen atoms in total. The summed E-state index contributed by atoms with van der Waals surface area (Å²) in [4.78, 5) is 10.3. The molecule has 0 spiro atoms. The van der Waals surface area contributed by atoms with Crippen LogP contribution < -0.4 is 5.32 Å². The third kappa shape index (κ3) is 2.26. The minimum Gasteiger partial charge on any atom is -0.478 e. The van der Waals surface area contributed by atoms with Crippen LogP contribution in [0.4, 0.5) is 5.69 Å². The quantitative estimate of drug-likeness (QED) is 0.721. The highest BCUT2D eigenvalue weighted by molar-refractivity contribution is 5.85. The minimum atomic E-state index is -0.929. The van der Waals surface area contributed by atoms with Crippen molar-refractivity contribution < 1.29 is 9.90 Å². The van der Waals surface area contributed by atoms with Gasteiger partial charge >= 0.3 is 5.97 Å². The average Bonchev–Trinajstić information content (AvgIpc) is 2.26. The van der Waals surface area contributed by atoms with Gasteiger partial charge in [-0.25, -0.2) is 4.79 Å². The van der Waals surface area contributed by atoms with Crippen LogP contribution in [0, 0.1) is 0 Å². The summed E-state index contributed by atoms with van der Waals surface area (Å²) in [5, 5.41) is 11.7. The number of nitrogens with one attached hydrogen (secondary N) is 1. The van der Waals surface area contributed by atoms with Gasteiger partial charge in [-0.3, -0.25) is 0 Å². The van der Waals surface area contributed by atoms with E-state index < -0.39 is 5.97 Å². The van der Waals surface area contributed by atoms with Crippen molar-refractivity contribution in [3.8, 4) is 0 Å². The first kappa shape index (κ1) is 9.52. The van der Waals surface area contributed by atoms with Crippen LogP contribution >= 0.6 is 0 Å². The normalized spacial score (nSPS) is 13.6. The van der Waals surface area contributed by atoms with Crippen LogP contribution in [0.3, 0.4) is 0 Å². The molecule has 0 saturated heterocycles. The predicted octanol–water partition coefficient (Wildman–Crippen LogP) is 2.22. The molecule has 3 heteroatoms. The van der Waals surface area contributed by atoms with Gasteiger partial charge in [0.05, 0.1) is 0 Å². The van der Waals surface area contributed by atoms with Gasteiger partial charge in [-0.1, -0.05) is 18.2 Å². The van der Waals surface area contributed by atoms with Gasteiger partial charge in [0.15, 0.2) is 0 Å². The van der Waals surface area contributed by atoms with E-state index in [9.17, 15) is 4.79 Å². The van der Waals surface area contributed by atoms with Crippen molar-refractivity contribution in [1.29, 1.82) is 0 Å². The van der Waals surface area contributed by atoms with E-state index in [1.54, 1.807) is 6.08 Å². The number of hydrogen-bond acceptors (Lipinski definition) is 2. The molecule has 15 heavy (non-hydrogen) atoms. The first-order valence-electron chi connectivity index (χ1n) is 4.71. The Morgan fingerprint density at radius 3 is 3.13 bits per heavy atom. The minimum absolute atomic E-state index is 0.845. The zero-order valence-electron chi connectivity index (χ0n) is 8.10. The average molecular weight is 201 g/mol. The summed E-state index contributed by atoms with van der Waals surface area (Å²) in [7, 11) is 0. The number of carboxylic acid groups (broad SMARTS) is 1. The largest absolute Gasteiger partial charge is 0.478 e. The number of anilines is 1. The van der Waals surface area contributed by atoms with Gasteiger partial charge in [0.2, 0.25) is 0 Å². The van der Waals surface area contributed by atoms with Gasteiger partial charge in [0.25, 0.3) is 0 Å². The third-order valence-corrected chi connectivity index (χ3v) is 2.20. The summed E-state index contributed by atoms with van der Waals surface area (Å²) >= 11 is 0. The monoisotopic (exact) mass is 201 g/mol. The van der Waals surface area contributed by atoms with Crippen LogP contribution in [0.1, 0.15) is 11.1 Å². The van der Waals surface area contributed by atoms with E-state index in [4.69, 9.17) is 5.11 Å². The Morgan fingerprint density at radius 1 is 1.47 bits per heavy atom. The molecule has 0 saturated carbocycles. The van der Waals surface area contributed by atoms with E-state index in [1.807, 2.05) is 30.4 Å². The molecule has 0 fully saturated rings. The molecule has 1 heterocycles. The molecule has 1 aromatic carbocycles. The summed E-state index contributed by atoms with van der Waals surface area (Å²) in [5.41, 5.74) is 3.07. The summed E-state index contributed by atoms with van der Waals surface area (Å²) in [6.45, 7) is 0.845. The van der Waals surface area contributed by atoms with Gasteiger partial charge in [-0.15, -0.1) is 0 Å². The molecule has 1 aromatic rings. The van der Waals surface area contributed by atoms with Gasteiger partial charge in [0.1, 0.15) is 0 Å². The van der Waals surface area contributed by atoms with Gasteiger partial charge in [0, 0.05) is 18.3 Å². The Labute approximate surface area is 87.7 Å². The Kier molecular flexibility index (Phi) is 2.54. The van der Waals surface area contributed by atoms with Crippen molar-refractivity contribution in [3.05, 3.63) is 41.5 Å². The lowest BCUT2D eigenvalue weighted by molar-refractivity contribution is -0.131. The van der Waals surface area contributed by atoms with Crippen molar-refractivity contribution in [1.82, 2.24) is 0 Å². The van der Waals surface area contributed by atoms with Crippen molar-refractivity contribution in [2.75, 3.05) is 11.9 Å². The number of aliphatic carboxylic acids is 1. The zero-order chi connectivity index (χ0) is 10.7. The molecule has 0 radical (unpaired) electrons. The lowest BCUT2D eigenvalue weighted by Gasteiger charge is -2.12. The summed E-state index contributed by atoms with van der Waals surface area (Å²) in [5.74, 6) is -0.929. The molecule has 0 aliphatic carbocycles. The summed E-state index contributed by atoms with van der Waals surface area (Å²) in [6.07, 6.45) is 6.80. The fourth-order valence-electron chi connectivity index (χ4n) is 1.51. The fraction of sp³-hybridized carbons (Fsp3) is 0.0833.